The molecule has 0 aliphatic heterocycles. The lowest BCUT2D eigenvalue weighted by atomic mass is 10.2. The monoisotopic (exact) mass is 550 g/mol. The number of aromatic nitrogens is 6. The number of halogens is 2. The number of carbonyl (C=O) groups excluding carboxylic acids is 1. The first-order chi connectivity index (χ1) is 18.0. The number of aryl methyl sites for hydroxylation is 1. The number of nitrogens with zero attached hydrogens (tertiary/aromatic N) is 7. The second-order valence-electron chi connectivity index (χ2n) is 8.06. The molecule has 5 aromatic rings. The van der Waals surface area contributed by atoms with E-state index in [-0.39, 0.29) is 11.7 Å². The highest BCUT2D eigenvalue weighted by Crippen LogP contribution is 2.30. The third-order valence-corrected chi connectivity index (χ3v) is 6.84. The minimum atomic E-state index is -0.283. The molecule has 3 aromatic carbocycles. The van der Waals surface area contributed by atoms with Gasteiger partial charge in [-0.3, -0.25) is 9.36 Å². The Kier molecular flexibility index (Phi) is 7.50. The molecule has 0 saturated heterocycles. The maximum atomic E-state index is 12.5. The van der Waals surface area contributed by atoms with Gasteiger partial charge >= 0.3 is 0 Å². The summed E-state index contributed by atoms with van der Waals surface area (Å²) in [6.07, 6.45) is 1.60. The van der Waals surface area contributed by atoms with Gasteiger partial charge in [-0.1, -0.05) is 82.1 Å². The second kappa shape index (κ2) is 11.1. The summed E-state index contributed by atoms with van der Waals surface area (Å²) in [5.41, 5.74) is 6.85. The molecule has 2 aromatic heterocycles. The lowest BCUT2D eigenvalue weighted by Gasteiger charge is -2.12. The zero-order valence-corrected chi connectivity index (χ0v) is 21.9. The second-order valence-corrected chi connectivity index (χ2v) is 9.84. The van der Waals surface area contributed by atoms with E-state index >= 15 is 0 Å². The van der Waals surface area contributed by atoms with Gasteiger partial charge in [0, 0.05) is 5.02 Å². The normalized spacial score (nSPS) is 11.4. The molecule has 9 nitrogen and oxygen atoms in total. The van der Waals surface area contributed by atoms with Crippen molar-refractivity contribution in [1.29, 1.82) is 0 Å². The molecule has 0 bridgehead atoms. The first-order valence-electron chi connectivity index (χ1n) is 11.2. The fourth-order valence-corrected chi connectivity index (χ4v) is 4.81. The minimum Gasteiger partial charge on any atom is -0.272 e. The number of fused-ring (bicyclic) bond motifs is 1. The maximum Gasteiger partial charge on any atom is 0.250 e. The molecule has 0 radical (unpaired) electrons. The summed E-state index contributed by atoms with van der Waals surface area (Å²) in [6, 6.07) is 20.6. The highest BCUT2D eigenvalue weighted by Gasteiger charge is 2.19. The Bertz CT molecular complexity index is 1600. The highest BCUT2D eigenvalue weighted by atomic mass is 35.5. The predicted molar refractivity (Wildman–Crippen MR) is 146 cm³/mol. The molecule has 0 fully saturated rings. The van der Waals surface area contributed by atoms with Gasteiger partial charge in [-0.2, -0.15) is 5.10 Å². The van der Waals surface area contributed by atoms with Crippen molar-refractivity contribution < 1.29 is 4.79 Å². The Balaban J connectivity index is 1.36. The van der Waals surface area contributed by atoms with Crippen LogP contribution in [0.15, 0.2) is 77.0 Å². The van der Waals surface area contributed by atoms with Gasteiger partial charge in [-0.05, 0) is 42.8 Å². The van der Waals surface area contributed by atoms with Crippen LogP contribution in [0.2, 0.25) is 10.0 Å². The molecule has 2 heterocycles. The van der Waals surface area contributed by atoms with E-state index in [9.17, 15) is 4.79 Å². The van der Waals surface area contributed by atoms with E-state index < -0.39 is 0 Å². The fraction of sp³-hybridized carbons (Fsp3) is 0.120. The van der Waals surface area contributed by atoms with Crippen molar-refractivity contribution in [3.05, 3.63) is 93.7 Å². The van der Waals surface area contributed by atoms with Crippen LogP contribution in [-0.4, -0.2) is 47.6 Å². The first-order valence-corrected chi connectivity index (χ1v) is 12.9. The van der Waals surface area contributed by atoms with Gasteiger partial charge in [-0.25, -0.2) is 10.1 Å². The Hall–Kier alpha value is -3.73. The van der Waals surface area contributed by atoms with Crippen molar-refractivity contribution in [1.82, 2.24) is 35.2 Å². The predicted octanol–water partition coefficient (Wildman–Crippen LogP) is 4.92. The van der Waals surface area contributed by atoms with Gasteiger partial charge in [0.25, 0.3) is 5.91 Å². The first kappa shape index (κ1) is 24.9. The Morgan fingerprint density at radius 1 is 1.05 bits per heavy atom. The van der Waals surface area contributed by atoms with Crippen LogP contribution in [0.1, 0.15) is 17.0 Å². The van der Waals surface area contributed by atoms with Gasteiger partial charge < -0.3 is 0 Å². The lowest BCUT2D eigenvalue weighted by Crippen LogP contribution is -2.20. The molecule has 1 N–H and O–H groups in total. The summed E-state index contributed by atoms with van der Waals surface area (Å²) in [5.74, 6) is 0.356. The molecule has 0 unspecified atom stereocenters. The number of amides is 1. The quantitative estimate of drug-likeness (QED) is 0.167. The van der Waals surface area contributed by atoms with Crippen LogP contribution < -0.4 is 5.43 Å². The number of thioether (sulfide) groups is 1. The summed E-state index contributed by atoms with van der Waals surface area (Å²) in [4.78, 5) is 12.5. The third kappa shape index (κ3) is 5.82. The standard InChI is InChI=1S/C25H20Cl2N8OS/c1-16-6-8-17(9-7-16)13-28-31-24(36)15-37-25-32-30-23(35(25)21-11-10-18(26)12-19(21)27)14-34-22-5-3-2-4-20(22)29-33-34/h2-13H,14-15H2,1H3,(H,31,36)/b28-13+. The van der Waals surface area contributed by atoms with Crippen LogP contribution in [0.4, 0.5) is 0 Å². The molecule has 1 amide bonds. The molecule has 0 atom stereocenters. The largest absolute Gasteiger partial charge is 0.272 e. The molecular formula is C25H20Cl2N8OS. The molecule has 0 saturated carbocycles. The molecule has 186 valence electrons. The topological polar surface area (TPSA) is 103 Å². The van der Waals surface area contributed by atoms with Gasteiger partial charge in [0.05, 0.1) is 28.2 Å². The van der Waals surface area contributed by atoms with E-state index in [0.29, 0.717) is 33.3 Å². The number of hydrogen-bond donors (Lipinski definition) is 1. The maximum absolute atomic E-state index is 12.5. The van der Waals surface area contributed by atoms with E-state index in [4.69, 9.17) is 23.2 Å². The van der Waals surface area contributed by atoms with Crippen LogP contribution in [-0.2, 0) is 11.3 Å². The van der Waals surface area contributed by atoms with Crippen LogP contribution >= 0.6 is 35.0 Å². The Morgan fingerprint density at radius 3 is 2.68 bits per heavy atom. The van der Waals surface area contributed by atoms with Gasteiger partial charge in [0.1, 0.15) is 12.1 Å². The molecular weight excluding hydrogens is 531 g/mol. The summed E-state index contributed by atoms with van der Waals surface area (Å²) >= 11 is 13.9. The average Bonchev–Trinajstić information content (AvgIpc) is 3.48. The van der Waals surface area contributed by atoms with E-state index in [2.05, 4.69) is 31.0 Å². The number of nitrogens with one attached hydrogen (secondary N) is 1. The van der Waals surface area contributed by atoms with Crippen LogP contribution in [0.25, 0.3) is 16.7 Å². The van der Waals surface area contributed by atoms with Gasteiger partial charge in [0.2, 0.25) is 0 Å². The highest BCUT2D eigenvalue weighted by molar-refractivity contribution is 7.99. The van der Waals surface area contributed by atoms with E-state index in [0.717, 1.165) is 22.2 Å². The molecule has 0 aliphatic carbocycles. The summed E-state index contributed by atoms with van der Waals surface area (Å²) in [6.45, 7) is 2.30. The van der Waals surface area contributed by atoms with Crippen LogP contribution in [0.5, 0.6) is 0 Å². The van der Waals surface area contributed by atoms with Crippen molar-refractivity contribution in [2.24, 2.45) is 5.10 Å². The zero-order valence-electron chi connectivity index (χ0n) is 19.5. The van der Waals surface area contributed by atoms with Crippen molar-refractivity contribution in [2.45, 2.75) is 18.6 Å². The van der Waals surface area contributed by atoms with E-state index in [1.165, 1.54) is 11.8 Å². The number of para-hydroxylation sites is 1. The number of hydrogen-bond acceptors (Lipinski definition) is 7. The number of carbonyl (C=O) groups is 1. The Morgan fingerprint density at radius 2 is 1.86 bits per heavy atom. The molecule has 0 spiro atoms. The van der Waals surface area contributed by atoms with Gasteiger partial charge in [0.15, 0.2) is 11.0 Å². The minimum absolute atomic E-state index is 0.0703. The number of hydrazone groups is 1. The fourth-order valence-electron chi connectivity index (χ4n) is 3.56. The van der Waals surface area contributed by atoms with Crippen molar-refractivity contribution in [3.8, 4) is 5.69 Å². The van der Waals surface area contributed by atoms with Crippen molar-refractivity contribution in [3.63, 3.8) is 0 Å². The van der Waals surface area contributed by atoms with Gasteiger partial charge in [-0.15, -0.1) is 15.3 Å². The average molecular weight is 551 g/mol. The lowest BCUT2D eigenvalue weighted by molar-refractivity contribution is -0.118. The van der Waals surface area contributed by atoms with E-state index in [1.807, 2.05) is 55.5 Å². The molecule has 12 heteroatoms. The molecule has 37 heavy (non-hydrogen) atoms. The van der Waals surface area contributed by atoms with Crippen LogP contribution in [0, 0.1) is 6.92 Å². The van der Waals surface area contributed by atoms with Crippen molar-refractivity contribution in [2.75, 3.05) is 5.75 Å². The number of rotatable bonds is 8. The van der Waals surface area contributed by atoms with Crippen molar-refractivity contribution >= 4 is 58.1 Å². The summed E-state index contributed by atoms with van der Waals surface area (Å²) < 4.78 is 3.53. The van der Waals surface area contributed by atoms with Crippen LogP contribution in [0.3, 0.4) is 0 Å². The smallest absolute Gasteiger partial charge is 0.250 e. The zero-order chi connectivity index (χ0) is 25.8. The third-order valence-electron chi connectivity index (χ3n) is 5.38. The SMILES string of the molecule is Cc1ccc(/C=N/NC(=O)CSc2nnc(Cn3nnc4ccccc43)n2-c2ccc(Cl)cc2Cl)cc1. The number of benzene rings is 3. The summed E-state index contributed by atoms with van der Waals surface area (Å²) in [7, 11) is 0. The Labute approximate surface area is 226 Å². The molecule has 0 aliphatic rings. The van der Waals surface area contributed by atoms with E-state index in [1.54, 1.807) is 33.7 Å². The molecule has 5 rings (SSSR count). The summed E-state index contributed by atoms with van der Waals surface area (Å²) in [5, 5.41) is 22.6.